The summed E-state index contributed by atoms with van der Waals surface area (Å²) in [5, 5.41) is 0. The lowest BCUT2D eigenvalue weighted by atomic mass is 9.89. The molecule has 202 valence electrons. The highest BCUT2D eigenvalue weighted by molar-refractivity contribution is 5.66. The molecule has 4 rings (SSSR count). The van der Waals surface area contributed by atoms with Gasteiger partial charge in [0.05, 0.1) is 19.3 Å². The largest absolute Gasteiger partial charge is 0.491 e. The zero-order valence-electron chi connectivity index (χ0n) is 21.1. The van der Waals surface area contributed by atoms with Gasteiger partial charge in [0.1, 0.15) is 0 Å². The summed E-state index contributed by atoms with van der Waals surface area (Å²) >= 11 is 0. The molecule has 0 saturated carbocycles. The van der Waals surface area contributed by atoms with Gasteiger partial charge in [0.2, 0.25) is 5.82 Å². The summed E-state index contributed by atoms with van der Waals surface area (Å²) in [6.45, 7) is 3.72. The molecule has 3 aromatic carbocycles. The van der Waals surface area contributed by atoms with Crippen molar-refractivity contribution in [1.29, 1.82) is 0 Å². The van der Waals surface area contributed by atoms with Crippen molar-refractivity contribution in [3.05, 3.63) is 94.1 Å². The number of benzene rings is 3. The molecule has 1 aliphatic rings. The van der Waals surface area contributed by atoms with Gasteiger partial charge in [-0.2, -0.15) is 4.39 Å². The Balaban J connectivity index is 1.40. The van der Waals surface area contributed by atoms with Crippen molar-refractivity contribution in [2.45, 2.75) is 45.6 Å². The van der Waals surface area contributed by atoms with E-state index in [1.807, 2.05) is 0 Å². The number of halogens is 6. The summed E-state index contributed by atoms with van der Waals surface area (Å²) in [7, 11) is 0. The van der Waals surface area contributed by atoms with Gasteiger partial charge in [-0.25, -0.2) is 22.0 Å². The van der Waals surface area contributed by atoms with Crippen molar-refractivity contribution in [1.82, 2.24) is 0 Å². The van der Waals surface area contributed by atoms with E-state index in [1.54, 1.807) is 19.9 Å². The van der Waals surface area contributed by atoms with E-state index in [9.17, 15) is 26.3 Å². The second kappa shape index (κ2) is 12.1. The van der Waals surface area contributed by atoms with Crippen LogP contribution in [-0.4, -0.2) is 13.2 Å². The van der Waals surface area contributed by atoms with E-state index in [2.05, 4.69) is 0 Å². The normalized spacial score (nSPS) is 17.8. The fourth-order valence-electron chi connectivity index (χ4n) is 4.77. The predicted octanol–water partition coefficient (Wildman–Crippen LogP) is 8.72. The Morgan fingerprint density at radius 2 is 1.53 bits per heavy atom. The van der Waals surface area contributed by atoms with Gasteiger partial charge >= 0.3 is 0 Å². The highest BCUT2D eigenvalue weighted by Crippen LogP contribution is 2.36. The molecular weight excluding hydrogens is 506 g/mol. The van der Waals surface area contributed by atoms with E-state index >= 15 is 0 Å². The first-order valence-electron chi connectivity index (χ1n) is 12.6. The second-order valence-electron chi connectivity index (χ2n) is 9.25. The van der Waals surface area contributed by atoms with Crippen LogP contribution in [0.4, 0.5) is 26.3 Å². The number of ether oxygens (including phenoxy) is 2. The van der Waals surface area contributed by atoms with Crippen molar-refractivity contribution in [2.24, 2.45) is 5.92 Å². The Kier molecular flexibility index (Phi) is 8.82. The standard InChI is InChI=1S/C30H28F6O2/c1-3-5-18-10-12-22(29(35)25(18)31)23-14-7-17(16-38-23)6-8-19-9-11-20(27(33)26(19)32)21-13-15-24(37-4-2)30(36)28(21)34/h3,5,9-13,15,17,23H,4,6-8,14,16H2,1-2H3/b5-3+. The van der Waals surface area contributed by atoms with Gasteiger partial charge in [-0.3, -0.25) is 0 Å². The number of hydrogen-bond acceptors (Lipinski definition) is 2. The third-order valence-electron chi connectivity index (χ3n) is 6.83. The molecule has 2 atom stereocenters. The minimum Gasteiger partial charge on any atom is -0.491 e. The van der Waals surface area contributed by atoms with Crippen LogP contribution in [0.25, 0.3) is 17.2 Å². The van der Waals surface area contributed by atoms with Crippen molar-refractivity contribution < 1.29 is 35.8 Å². The van der Waals surface area contributed by atoms with E-state index in [-0.39, 0.29) is 53.6 Å². The molecule has 0 aliphatic carbocycles. The molecule has 8 heteroatoms. The maximum atomic E-state index is 14.9. The average Bonchev–Trinajstić information content (AvgIpc) is 2.92. The van der Waals surface area contributed by atoms with E-state index < -0.39 is 46.6 Å². The molecule has 3 aromatic rings. The Morgan fingerprint density at radius 1 is 0.816 bits per heavy atom. The van der Waals surface area contributed by atoms with Gasteiger partial charge in [0.25, 0.3) is 0 Å². The van der Waals surface area contributed by atoms with E-state index in [4.69, 9.17) is 9.47 Å². The smallest absolute Gasteiger partial charge is 0.201 e. The summed E-state index contributed by atoms with van der Waals surface area (Å²) in [4.78, 5) is 0. The third-order valence-corrected chi connectivity index (χ3v) is 6.83. The summed E-state index contributed by atoms with van der Waals surface area (Å²) in [6, 6.07) is 7.96. The molecule has 1 aliphatic heterocycles. The highest BCUT2D eigenvalue weighted by atomic mass is 19.2. The first kappa shape index (κ1) is 27.8. The van der Waals surface area contributed by atoms with Gasteiger partial charge in [-0.05, 0) is 63.1 Å². The zero-order chi connectivity index (χ0) is 27.4. The fraction of sp³-hybridized carbons (Fsp3) is 0.333. The topological polar surface area (TPSA) is 18.5 Å². The summed E-state index contributed by atoms with van der Waals surface area (Å²) < 4.78 is 98.1. The van der Waals surface area contributed by atoms with Crippen LogP contribution < -0.4 is 4.74 Å². The van der Waals surface area contributed by atoms with Gasteiger partial charge in [0, 0.05) is 22.3 Å². The first-order chi connectivity index (χ1) is 18.3. The Bertz CT molecular complexity index is 1330. The Labute approximate surface area is 217 Å². The van der Waals surface area contributed by atoms with Crippen LogP contribution >= 0.6 is 0 Å². The van der Waals surface area contributed by atoms with Crippen molar-refractivity contribution in [3.63, 3.8) is 0 Å². The van der Waals surface area contributed by atoms with Crippen LogP contribution in [0.1, 0.15) is 55.9 Å². The van der Waals surface area contributed by atoms with Gasteiger partial charge in [0.15, 0.2) is 34.8 Å². The summed E-state index contributed by atoms with van der Waals surface area (Å²) in [5.74, 6) is -7.09. The van der Waals surface area contributed by atoms with Crippen LogP contribution in [0.5, 0.6) is 5.75 Å². The molecule has 38 heavy (non-hydrogen) atoms. The maximum Gasteiger partial charge on any atom is 0.201 e. The number of allylic oxidation sites excluding steroid dienone is 1. The molecule has 0 amide bonds. The maximum absolute atomic E-state index is 14.9. The molecule has 0 radical (unpaired) electrons. The molecule has 0 aromatic heterocycles. The van der Waals surface area contributed by atoms with Gasteiger partial charge in [-0.15, -0.1) is 0 Å². The highest BCUT2D eigenvalue weighted by Gasteiger charge is 2.27. The van der Waals surface area contributed by atoms with E-state index in [0.29, 0.717) is 19.3 Å². The van der Waals surface area contributed by atoms with E-state index in [1.165, 1.54) is 36.4 Å². The van der Waals surface area contributed by atoms with E-state index in [0.717, 1.165) is 6.07 Å². The van der Waals surface area contributed by atoms with Crippen molar-refractivity contribution in [2.75, 3.05) is 13.2 Å². The summed E-state index contributed by atoms with van der Waals surface area (Å²) in [6.07, 6.45) is 4.30. The van der Waals surface area contributed by atoms with Crippen LogP contribution in [-0.2, 0) is 11.2 Å². The monoisotopic (exact) mass is 534 g/mol. The molecule has 1 saturated heterocycles. The lowest BCUT2D eigenvalue weighted by Crippen LogP contribution is -2.22. The average molecular weight is 535 g/mol. The van der Waals surface area contributed by atoms with Crippen LogP contribution in [0.15, 0.2) is 42.5 Å². The third kappa shape index (κ3) is 5.60. The Morgan fingerprint density at radius 3 is 2.18 bits per heavy atom. The van der Waals surface area contributed by atoms with Crippen molar-refractivity contribution >= 4 is 6.08 Å². The van der Waals surface area contributed by atoms with Gasteiger partial charge < -0.3 is 9.47 Å². The van der Waals surface area contributed by atoms with Crippen molar-refractivity contribution in [3.8, 4) is 16.9 Å². The van der Waals surface area contributed by atoms with Crippen LogP contribution in [0, 0.1) is 40.8 Å². The minimum absolute atomic E-state index is 0.0150. The van der Waals surface area contributed by atoms with Gasteiger partial charge in [-0.1, -0.05) is 36.4 Å². The SMILES string of the molecule is C/C=C/c1ccc(C2CCC(CCc3ccc(-c4ccc(OCC)c(F)c4F)c(F)c3F)CO2)c(F)c1F. The number of aryl methyl sites for hydroxylation is 1. The zero-order valence-corrected chi connectivity index (χ0v) is 21.1. The minimum atomic E-state index is -1.32. The quantitative estimate of drug-likeness (QED) is 0.269. The molecule has 2 unspecified atom stereocenters. The molecule has 0 spiro atoms. The van der Waals surface area contributed by atoms with Crippen LogP contribution in [0.3, 0.4) is 0 Å². The van der Waals surface area contributed by atoms with Crippen LogP contribution in [0.2, 0.25) is 0 Å². The lowest BCUT2D eigenvalue weighted by molar-refractivity contribution is -0.0212. The summed E-state index contributed by atoms with van der Waals surface area (Å²) in [5.41, 5.74) is -0.353. The first-order valence-corrected chi connectivity index (χ1v) is 12.6. The predicted molar refractivity (Wildman–Crippen MR) is 134 cm³/mol. The molecular formula is C30H28F6O2. The molecule has 2 nitrogen and oxygen atoms in total. The molecule has 0 N–H and O–H groups in total. The molecule has 0 bridgehead atoms. The molecule has 1 heterocycles. The number of rotatable bonds is 8. The molecule has 1 fully saturated rings. The second-order valence-corrected chi connectivity index (χ2v) is 9.25. The number of hydrogen-bond donors (Lipinski definition) is 0. The fourth-order valence-corrected chi connectivity index (χ4v) is 4.77. The lowest BCUT2D eigenvalue weighted by Gasteiger charge is -2.29. The Hall–Kier alpha value is -3.26.